The van der Waals surface area contributed by atoms with E-state index in [1.807, 2.05) is 5.32 Å². The third-order valence-electron chi connectivity index (χ3n) is 3.22. The van der Waals surface area contributed by atoms with Crippen LogP contribution >= 0.6 is 11.6 Å². The highest BCUT2D eigenvalue weighted by Crippen LogP contribution is 2.35. The summed E-state index contributed by atoms with van der Waals surface area (Å²) in [4.78, 5) is 34.2. The number of imide groups is 1. The number of esters is 1. The van der Waals surface area contributed by atoms with Crippen molar-refractivity contribution >= 4 is 35.6 Å². The fourth-order valence-electron chi connectivity index (χ4n) is 1.82. The molecule has 3 amide bonds. The van der Waals surface area contributed by atoms with E-state index in [1.54, 1.807) is 0 Å². The Morgan fingerprint density at radius 2 is 1.96 bits per heavy atom. The second-order valence-corrected chi connectivity index (χ2v) is 5.88. The number of alkyl halides is 3. The van der Waals surface area contributed by atoms with Crippen molar-refractivity contribution in [2.75, 3.05) is 6.61 Å². The van der Waals surface area contributed by atoms with Gasteiger partial charge in [-0.05, 0) is 36.6 Å². The molecule has 1 aliphatic rings. The maximum absolute atomic E-state index is 12.7. The predicted octanol–water partition coefficient (Wildman–Crippen LogP) is 2.90. The van der Waals surface area contributed by atoms with E-state index in [1.165, 1.54) is 6.07 Å². The number of rotatable bonds is 5. The highest BCUT2D eigenvalue weighted by atomic mass is 35.5. The third kappa shape index (κ3) is 6.40. The van der Waals surface area contributed by atoms with Crippen molar-refractivity contribution in [3.05, 3.63) is 40.4 Å². The molecule has 140 valence electrons. The van der Waals surface area contributed by atoms with Gasteiger partial charge in [0.2, 0.25) is 0 Å². The molecule has 1 aromatic rings. The zero-order valence-corrected chi connectivity index (χ0v) is 14.0. The zero-order chi connectivity index (χ0) is 19.3. The van der Waals surface area contributed by atoms with Gasteiger partial charge in [-0.3, -0.25) is 10.1 Å². The SMILES string of the molecule is O=C(COC(=O)/C=C/c1ccc(Cl)c(C(F)(F)F)c1)NC(=O)NC1CC1. The van der Waals surface area contributed by atoms with Gasteiger partial charge in [0.25, 0.3) is 5.91 Å². The summed E-state index contributed by atoms with van der Waals surface area (Å²) >= 11 is 5.49. The van der Waals surface area contributed by atoms with E-state index in [0.29, 0.717) is 0 Å². The number of halogens is 4. The monoisotopic (exact) mass is 390 g/mol. The van der Waals surface area contributed by atoms with Crippen LogP contribution in [-0.4, -0.2) is 30.6 Å². The molecule has 26 heavy (non-hydrogen) atoms. The highest BCUT2D eigenvalue weighted by Gasteiger charge is 2.33. The standard InChI is InChI=1S/C16H14ClF3N2O4/c17-12-5-1-9(7-11(12)16(18,19)20)2-6-14(24)26-8-13(23)22-15(25)21-10-3-4-10/h1-2,5-7,10H,3-4,8H2,(H2,21,22,23,25)/b6-2+. The summed E-state index contributed by atoms with van der Waals surface area (Å²) in [5, 5.41) is 4.03. The van der Waals surface area contributed by atoms with Gasteiger partial charge >= 0.3 is 18.2 Å². The molecule has 1 aromatic carbocycles. The maximum Gasteiger partial charge on any atom is 0.417 e. The summed E-state index contributed by atoms with van der Waals surface area (Å²) in [6.45, 7) is -0.699. The molecule has 0 spiro atoms. The molecule has 0 aromatic heterocycles. The van der Waals surface area contributed by atoms with Crippen molar-refractivity contribution in [1.29, 1.82) is 0 Å². The van der Waals surface area contributed by atoms with Gasteiger partial charge in [0, 0.05) is 12.1 Å². The zero-order valence-electron chi connectivity index (χ0n) is 13.2. The molecule has 0 bridgehead atoms. The lowest BCUT2D eigenvalue weighted by Gasteiger charge is -2.09. The van der Waals surface area contributed by atoms with Crippen molar-refractivity contribution in [2.45, 2.75) is 25.1 Å². The van der Waals surface area contributed by atoms with Gasteiger partial charge in [0.1, 0.15) is 0 Å². The van der Waals surface area contributed by atoms with Crippen molar-refractivity contribution in [3.8, 4) is 0 Å². The van der Waals surface area contributed by atoms with Gasteiger partial charge < -0.3 is 10.1 Å². The molecule has 0 heterocycles. The number of carbonyl (C=O) groups excluding carboxylic acids is 3. The lowest BCUT2D eigenvalue weighted by molar-refractivity contribution is -0.143. The van der Waals surface area contributed by atoms with E-state index < -0.39 is 41.3 Å². The molecule has 1 fully saturated rings. The fourth-order valence-corrected chi connectivity index (χ4v) is 2.05. The summed E-state index contributed by atoms with van der Waals surface area (Å²) in [6, 6.07) is 2.51. The molecule has 1 aliphatic carbocycles. The third-order valence-corrected chi connectivity index (χ3v) is 3.55. The number of ether oxygens (including phenoxy) is 1. The minimum atomic E-state index is -4.62. The van der Waals surface area contributed by atoms with Crippen molar-refractivity contribution in [1.82, 2.24) is 10.6 Å². The molecular weight excluding hydrogens is 377 g/mol. The normalized spacial score (nSPS) is 14.2. The van der Waals surface area contributed by atoms with E-state index in [4.69, 9.17) is 11.6 Å². The van der Waals surface area contributed by atoms with Crippen LogP contribution in [0.4, 0.5) is 18.0 Å². The Bertz CT molecular complexity index is 746. The Labute approximate surface area is 151 Å². The first-order chi connectivity index (χ1) is 12.1. The molecule has 0 atom stereocenters. The largest absolute Gasteiger partial charge is 0.452 e. The molecule has 1 saturated carbocycles. The molecule has 0 unspecified atom stereocenters. The van der Waals surface area contributed by atoms with Crippen molar-refractivity contribution in [3.63, 3.8) is 0 Å². The molecule has 0 aliphatic heterocycles. The molecule has 2 rings (SSSR count). The molecular formula is C16H14ClF3N2O4. The first-order valence-electron chi connectivity index (χ1n) is 7.47. The minimum absolute atomic E-state index is 0.0641. The van der Waals surface area contributed by atoms with E-state index >= 15 is 0 Å². The smallest absolute Gasteiger partial charge is 0.417 e. The van der Waals surface area contributed by atoms with Gasteiger partial charge in [-0.2, -0.15) is 13.2 Å². The summed E-state index contributed by atoms with van der Waals surface area (Å²) in [7, 11) is 0. The molecule has 0 radical (unpaired) electrons. The Hall–Kier alpha value is -2.55. The van der Waals surface area contributed by atoms with E-state index in [2.05, 4.69) is 10.1 Å². The number of benzene rings is 1. The molecule has 2 N–H and O–H groups in total. The van der Waals surface area contributed by atoms with E-state index in [9.17, 15) is 27.6 Å². The first-order valence-corrected chi connectivity index (χ1v) is 7.85. The van der Waals surface area contributed by atoms with E-state index in [0.717, 1.165) is 37.1 Å². The van der Waals surface area contributed by atoms with Crippen molar-refractivity contribution in [2.24, 2.45) is 0 Å². The molecule has 0 saturated heterocycles. The summed E-state index contributed by atoms with van der Waals surface area (Å²) in [6.07, 6.45) is -0.975. The van der Waals surface area contributed by atoms with Gasteiger partial charge in [0.05, 0.1) is 10.6 Å². The van der Waals surface area contributed by atoms with Crippen LogP contribution in [0, 0.1) is 0 Å². The topological polar surface area (TPSA) is 84.5 Å². The minimum Gasteiger partial charge on any atom is -0.452 e. The van der Waals surface area contributed by atoms with Crippen LogP contribution in [0.1, 0.15) is 24.0 Å². The second-order valence-electron chi connectivity index (χ2n) is 5.47. The molecule has 10 heteroatoms. The predicted molar refractivity (Wildman–Crippen MR) is 86.1 cm³/mol. The van der Waals surface area contributed by atoms with Crippen LogP contribution < -0.4 is 10.6 Å². The number of nitrogens with one attached hydrogen (secondary N) is 2. The summed E-state index contributed by atoms with van der Waals surface area (Å²) < 4.78 is 42.8. The van der Waals surface area contributed by atoms with Gasteiger partial charge in [-0.15, -0.1) is 0 Å². The fraction of sp³-hybridized carbons (Fsp3) is 0.312. The summed E-state index contributed by atoms with van der Waals surface area (Å²) in [5.41, 5.74) is -0.956. The van der Waals surface area contributed by atoms with Gasteiger partial charge in [-0.25, -0.2) is 9.59 Å². The van der Waals surface area contributed by atoms with Gasteiger partial charge in [-0.1, -0.05) is 17.7 Å². The van der Waals surface area contributed by atoms with Crippen molar-refractivity contribution < 1.29 is 32.3 Å². The average Bonchev–Trinajstić information content (AvgIpc) is 3.34. The average molecular weight is 391 g/mol. The number of amides is 3. The Morgan fingerprint density at radius 1 is 1.27 bits per heavy atom. The first kappa shape index (κ1) is 19.8. The number of hydrogen-bond donors (Lipinski definition) is 2. The van der Waals surface area contributed by atoms with Crippen LogP contribution in [0.3, 0.4) is 0 Å². The lowest BCUT2D eigenvalue weighted by Crippen LogP contribution is -2.42. The quantitative estimate of drug-likeness (QED) is 0.598. The highest BCUT2D eigenvalue weighted by molar-refractivity contribution is 6.31. The number of carbonyl (C=O) groups is 3. The Morgan fingerprint density at radius 3 is 2.58 bits per heavy atom. The van der Waals surface area contributed by atoms with Gasteiger partial charge in [0.15, 0.2) is 6.61 Å². The van der Waals surface area contributed by atoms with Crippen LogP contribution in [-0.2, 0) is 20.5 Å². The van der Waals surface area contributed by atoms with Crippen LogP contribution in [0.5, 0.6) is 0 Å². The number of hydrogen-bond acceptors (Lipinski definition) is 4. The lowest BCUT2D eigenvalue weighted by atomic mass is 10.1. The second kappa shape index (κ2) is 8.22. The Balaban J connectivity index is 1.83. The number of urea groups is 1. The van der Waals surface area contributed by atoms with Crippen LogP contribution in [0.15, 0.2) is 24.3 Å². The Kier molecular flexibility index (Phi) is 6.25. The van der Waals surface area contributed by atoms with Crippen LogP contribution in [0.2, 0.25) is 5.02 Å². The van der Waals surface area contributed by atoms with Crippen LogP contribution in [0.25, 0.3) is 6.08 Å². The maximum atomic E-state index is 12.7. The van der Waals surface area contributed by atoms with E-state index in [-0.39, 0.29) is 11.6 Å². The molecule has 6 nitrogen and oxygen atoms in total. The summed E-state index contributed by atoms with van der Waals surface area (Å²) in [5.74, 6) is -1.78.